The van der Waals surface area contributed by atoms with Gasteiger partial charge >= 0.3 is 6.03 Å². The first-order valence-electron chi connectivity index (χ1n) is 7.73. The van der Waals surface area contributed by atoms with E-state index < -0.39 is 5.82 Å². The summed E-state index contributed by atoms with van der Waals surface area (Å²) >= 11 is 0. The highest BCUT2D eigenvalue weighted by Gasteiger charge is 2.19. The van der Waals surface area contributed by atoms with E-state index in [-0.39, 0.29) is 29.8 Å². The average Bonchev–Trinajstić information content (AvgIpc) is 2.46. The zero-order chi connectivity index (χ0) is 17.5. The SMILES string of the molecule is COc1cc(CCNC(=O)NC(CO)CC(C)(C)C)ccc1F. The minimum Gasteiger partial charge on any atom is -0.494 e. The van der Waals surface area contributed by atoms with Gasteiger partial charge in [-0.05, 0) is 36.0 Å². The second-order valence-electron chi connectivity index (χ2n) is 6.76. The van der Waals surface area contributed by atoms with Crippen LogP contribution in [0.1, 0.15) is 32.8 Å². The molecule has 2 amide bonds. The Bertz CT molecular complexity index is 515. The molecule has 0 fully saturated rings. The first kappa shape index (κ1) is 19.2. The van der Waals surface area contributed by atoms with Gasteiger partial charge in [-0.2, -0.15) is 0 Å². The topological polar surface area (TPSA) is 70.6 Å². The Labute approximate surface area is 137 Å². The molecule has 0 aliphatic heterocycles. The maximum atomic E-state index is 13.3. The fourth-order valence-corrected chi connectivity index (χ4v) is 2.32. The van der Waals surface area contributed by atoms with Crippen molar-refractivity contribution < 1.29 is 19.0 Å². The first-order chi connectivity index (χ1) is 10.7. The predicted molar refractivity (Wildman–Crippen MR) is 88.1 cm³/mol. The number of hydrogen-bond acceptors (Lipinski definition) is 3. The Hall–Kier alpha value is -1.82. The van der Waals surface area contributed by atoms with E-state index in [1.807, 2.05) is 0 Å². The number of aliphatic hydroxyl groups is 1. The number of rotatable bonds is 7. The monoisotopic (exact) mass is 326 g/mol. The smallest absolute Gasteiger partial charge is 0.315 e. The molecule has 0 aliphatic carbocycles. The third-order valence-corrected chi connectivity index (χ3v) is 3.33. The van der Waals surface area contributed by atoms with E-state index in [9.17, 15) is 14.3 Å². The summed E-state index contributed by atoms with van der Waals surface area (Å²) in [5.41, 5.74) is 0.891. The maximum absolute atomic E-state index is 13.3. The van der Waals surface area contributed by atoms with Crippen LogP contribution in [0.5, 0.6) is 5.75 Å². The Kier molecular flexibility index (Phi) is 7.29. The van der Waals surface area contributed by atoms with Crippen LogP contribution in [-0.4, -0.2) is 37.4 Å². The number of aliphatic hydroxyl groups excluding tert-OH is 1. The van der Waals surface area contributed by atoms with Crippen molar-refractivity contribution >= 4 is 6.03 Å². The van der Waals surface area contributed by atoms with Gasteiger partial charge in [0.2, 0.25) is 0 Å². The fourth-order valence-electron chi connectivity index (χ4n) is 2.32. The number of benzene rings is 1. The molecule has 6 heteroatoms. The lowest BCUT2D eigenvalue weighted by Crippen LogP contribution is -2.45. The van der Waals surface area contributed by atoms with E-state index in [4.69, 9.17) is 4.74 Å². The molecule has 0 aliphatic rings. The molecule has 0 saturated carbocycles. The molecule has 3 N–H and O–H groups in total. The largest absolute Gasteiger partial charge is 0.494 e. The van der Waals surface area contributed by atoms with Crippen molar-refractivity contribution in [3.05, 3.63) is 29.6 Å². The van der Waals surface area contributed by atoms with Crippen LogP contribution < -0.4 is 15.4 Å². The van der Waals surface area contributed by atoms with Crippen LogP contribution in [0.4, 0.5) is 9.18 Å². The van der Waals surface area contributed by atoms with Gasteiger partial charge in [-0.3, -0.25) is 0 Å². The molecule has 5 nitrogen and oxygen atoms in total. The number of urea groups is 1. The fraction of sp³-hybridized carbons (Fsp3) is 0.588. The van der Waals surface area contributed by atoms with Crippen LogP contribution in [0.2, 0.25) is 0 Å². The second-order valence-corrected chi connectivity index (χ2v) is 6.76. The lowest BCUT2D eigenvalue weighted by atomic mass is 9.88. The van der Waals surface area contributed by atoms with Crippen molar-refractivity contribution in [1.82, 2.24) is 10.6 Å². The van der Waals surface area contributed by atoms with Gasteiger partial charge in [0.05, 0.1) is 19.8 Å². The highest BCUT2D eigenvalue weighted by molar-refractivity contribution is 5.74. The van der Waals surface area contributed by atoms with Gasteiger partial charge in [-0.25, -0.2) is 9.18 Å². The number of halogens is 1. The minimum absolute atomic E-state index is 0.0192. The zero-order valence-electron chi connectivity index (χ0n) is 14.3. The number of hydrogen-bond donors (Lipinski definition) is 3. The van der Waals surface area contributed by atoms with E-state index in [0.717, 1.165) is 5.56 Å². The molecule has 0 radical (unpaired) electrons. The van der Waals surface area contributed by atoms with E-state index >= 15 is 0 Å². The highest BCUT2D eigenvalue weighted by Crippen LogP contribution is 2.20. The standard InChI is InChI=1S/C17H27FN2O3/c1-17(2,3)10-13(11-21)20-16(22)19-8-7-12-5-6-14(18)15(9-12)23-4/h5-6,9,13,21H,7-8,10-11H2,1-4H3,(H2,19,20,22). The summed E-state index contributed by atoms with van der Waals surface area (Å²) in [5, 5.41) is 14.8. The number of nitrogens with one attached hydrogen (secondary N) is 2. The average molecular weight is 326 g/mol. The van der Waals surface area contributed by atoms with Gasteiger partial charge < -0.3 is 20.5 Å². The van der Waals surface area contributed by atoms with Crippen molar-refractivity contribution in [2.45, 2.75) is 39.7 Å². The molecule has 0 bridgehead atoms. The molecule has 0 saturated heterocycles. The number of methoxy groups -OCH3 is 1. The zero-order valence-corrected chi connectivity index (χ0v) is 14.3. The van der Waals surface area contributed by atoms with Crippen LogP contribution >= 0.6 is 0 Å². The molecule has 23 heavy (non-hydrogen) atoms. The van der Waals surface area contributed by atoms with Crippen molar-refractivity contribution in [2.24, 2.45) is 5.41 Å². The molecule has 0 spiro atoms. The molecular weight excluding hydrogens is 299 g/mol. The molecule has 1 aromatic carbocycles. The molecule has 130 valence electrons. The summed E-state index contributed by atoms with van der Waals surface area (Å²) in [6, 6.07) is 4.03. The molecule has 1 aromatic rings. The van der Waals surface area contributed by atoms with Crippen LogP contribution in [0.15, 0.2) is 18.2 Å². The van der Waals surface area contributed by atoms with Crippen molar-refractivity contribution in [3.63, 3.8) is 0 Å². The molecular formula is C17H27FN2O3. The number of amides is 2. The third kappa shape index (κ3) is 7.32. The van der Waals surface area contributed by atoms with Crippen molar-refractivity contribution in [2.75, 3.05) is 20.3 Å². The minimum atomic E-state index is -0.407. The number of carbonyl (C=O) groups excluding carboxylic acids is 1. The van der Waals surface area contributed by atoms with Crippen LogP contribution in [-0.2, 0) is 6.42 Å². The quantitative estimate of drug-likeness (QED) is 0.721. The van der Waals surface area contributed by atoms with Gasteiger partial charge in [0, 0.05) is 6.54 Å². The Morgan fingerprint density at radius 1 is 1.39 bits per heavy atom. The number of carbonyl (C=O) groups is 1. The molecule has 1 atom stereocenters. The van der Waals surface area contributed by atoms with E-state index in [0.29, 0.717) is 19.4 Å². The highest BCUT2D eigenvalue weighted by atomic mass is 19.1. The van der Waals surface area contributed by atoms with E-state index in [1.54, 1.807) is 12.1 Å². The van der Waals surface area contributed by atoms with Gasteiger partial charge in [0.25, 0.3) is 0 Å². The van der Waals surface area contributed by atoms with Crippen molar-refractivity contribution in [3.8, 4) is 5.75 Å². The Morgan fingerprint density at radius 3 is 2.65 bits per heavy atom. The third-order valence-electron chi connectivity index (χ3n) is 3.33. The van der Waals surface area contributed by atoms with Crippen molar-refractivity contribution in [1.29, 1.82) is 0 Å². The predicted octanol–water partition coefficient (Wildman–Crippen LogP) is 2.47. The number of ether oxygens (including phenoxy) is 1. The summed E-state index contributed by atoms with van der Waals surface area (Å²) in [5.74, 6) is -0.215. The summed E-state index contributed by atoms with van der Waals surface area (Å²) in [4.78, 5) is 11.8. The lowest BCUT2D eigenvalue weighted by Gasteiger charge is -2.25. The molecule has 1 unspecified atom stereocenters. The van der Waals surface area contributed by atoms with E-state index in [2.05, 4.69) is 31.4 Å². The van der Waals surface area contributed by atoms with Gasteiger partial charge in [-0.15, -0.1) is 0 Å². The second kappa shape index (κ2) is 8.72. The summed E-state index contributed by atoms with van der Waals surface area (Å²) in [6.45, 7) is 6.47. The normalized spacial score (nSPS) is 12.6. The van der Waals surface area contributed by atoms with Crippen LogP contribution in [0.3, 0.4) is 0 Å². The molecule has 1 rings (SSSR count). The summed E-state index contributed by atoms with van der Waals surface area (Å²) in [7, 11) is 1.41. The Morgan fingerprint density at radius 2 is 2.09 bits per heavy atom. The summed E-state index contributed by atoms with van der Waals surface area (Å²) in [6.07, 6.45) is 1.25. The van der Waals surface area contributed by atoms with Gasteiger partial charge in [0.1, 0.15) is 0 Å². The molecule has 0 aromatic heterocycles. The van der Waals surface area contributed by atoms with Crippen LogP contribution in [0.25, 0.3) is 0 Å². The summed E-state index contributed by atoms with van der Waals surface area (Å²) < 4.78 is 18.2. The maximum Gasteiger partial charge on any atom is 0.315 e. The van der Waals surface area contributed by atoms with Gasteiger partial charge in [-0.1, -0.05) is 26.8 Å². The van der Waals surface area contributed by atoms with E-state index in [1.165, 1.54) is 13.2 Å². The molecule has 0 heterocycles. The lowest BCUT2D eigenvalue weighted by molar-refractivity contribution is 0.191. The first-order valence-corrected chi connectivity index (χ1v) is 7.73. The van der Waals surface area contributed by atoms with Crippen LogP contribution in [0, 0.1) is 11.2 Å². The Balaban J connectivity index is 2.41. The van der Waals surface area contributed by atoms with Gasteiger partial charge in [0.15, 0.2) is 11.6 Å².